The summed E-state index contributed by atoms with van der Waals surface area (Å²) >= 11 is 5.90. The van der Waals surface area contributed by atoms with Gasteiger partial charge in [-0.3, -0.25) is 0 Å². The Kier molecular flexibility index (Phi) is 8.40. The van der Waals surface area contributed by atoms with E-state index in [1.165, 1.54) is 25.7 Å². The van der Waals surface area contributed by atoms with Crippen LogP contribution in [0.3, 0.4) is 0 Å². The molecule has 0 aromatic heterocycles. The van der Waals surface area contributed by atoms with E-state index in [-0.39, 0.29) is 0 Å². The van der Waals surface area contributed by atoms with Crippen molar-refractivity contribution in [3.05, 3.63) is 41.4 Å². The second-order valence-electron chi connectivity index (χ2n) is 4.86. The Morgan fingerprint density at radius 1 is 1.21 bits per heavy atom. The van der Waals surface area contributed by atoms with E-state index in [0.29, 0.717) is 6.61 Å². The Morgan fingerprint density at radius 3 is 2.58 bits per heavy atom. The summed E-state index contributed by atoms with van der Waals surface area (Å²) in [6.45, 7) is 5.21. The fourth-order valence-electron chi connectivity index (χ4n) is 2.17. The van der Waals surface area contributed by atoms with Crippen LogP contribution in [0.25, 0.3) is 0 Å². The van der Waals surface area contributed by atoms with Crippen molar-refractivity contribution in [2.45, 2.75) is 46.0 Å². The van der Waals surface area contributed by atoms with Crippen LogP contribution >= 0.6 is 11.6 Å². The molecule has 0 fully saturated rings. The van der Waals surface area contributed by atoms with Crippen LogP contribution in [0.1, 0.15) is 46.0 Å². The van der Waals surface area contributed by atoms with E-state index in [9.17, 15) is 0 Å². The van der Waals surface area contributed by atoms with Crippen LogP contribution in [0.5, 0.6) is 5.75 Å². The lowest BCUT2D eigenvalue weighted by Gasteiger charge is -2.09. The Morgan fingerprint density at radius 2 is 1.95 bits per heavy atom. The lowest BCUT2D eigenvalue weighted by Crippen LogP contribution is -1.97. The van der Waals surface area contributed by atoms with Gasteiger partial charge in [0.25, 0.3) is 0 Å². The molecule has 0 saturated carbocycles. The van der Waals surface area contributed by atoms with E-state index in [0.717, 1.165) is 23.1 Å². The number of hydrogen-bond donors (Lipinski definition) is 0. The molecule has 0 aliphatic rings. The Bertz CT molecular complexity index is 367. The Labute approximate surface area is 122 Å². The van der Waals surface area contributed by atoms with E-state index in [1.54, 1.807) is 0 Å². The van der Waals surface area contributed by atoms with Crippen LogP contribution < -0.4 is 4.74 Å². The molecule has 0 saturated heterocycles. The van der Waals surface area contributed by atoms with E-state index >= 15 is 0 Å². The maximum absolute atomic E-state index is 5.90. The van der Waals surface area contributed by atoms with E-state index in [1.807, 2.05) is 24.3 Å². The Balaban J connectivity index is 2.25. The van der Waals surface area contributed by atoms with Crippen LogP contribution in [0, 0.1) is 5.92 Å². The molecular weight excluding hydrogens is 256 g/mol. The molecule has 0 amide bonds. The van der Waals surface area contributed by atoms with Crippen molar-refractivity contribution in [1.82, 2.24) is 0 Å². The zero-order chi connectivity index (χ0) is 13.9. The molecule has 0 unspecified atom stereocenters. The van der Waals surface area contributed by atoms with Crippen molar-refractivity contribution >= 4 is 11.6 Å². The molecule has 0 N–H and O–H groups in total. The van der Waals surface area contributed by atoms with Crippen molar-refractivity contribution in [3.63, 3.8) is 0 Å². The van der Waals surface area contributed by atoms with E-state index in [2.05, 4.69) is 26.0 Å². The molecule has 0 bridgehead atoms. The van der Waals surface area contributed by atoms with Gasteiger partial charge in [0, 0.05) is 5.02 Å². The molecule has 1 nitrogen and oxygen atoms in total. The van der Waals surface area contributed by atoms with Crippen LogP contribution in [0.15, 0.2) is 36.4 Å². The van der Waals surface area contributed by atoms with Gasteiger partial charge < -0.3 is 4.74 Å². The maximum atomic E-state index is 5.90. The van der Waals surface area contributed by atoms with Gasteiger partial charge in [-0.25, -0.2) is 0 Å². The van der Waals surface area contributed by atoms with Crippen molar-refractivity contribution < 1.29 is 4.74 Å². The fraction of sp³-hybridized carbons (Fsp3) is 0.529. The highest BCUT2D eigenvalue weighted by atomic mass is 35.5. The highest BCUT2D eigenvalue weighted by Gasteiger charge is 2.01. The first-order chi connectivity index (χ1) is 9.26. The van der Waals surface area contributed by atoms with Crippen molar-refractivity contribution in [3.8, 4) is 5.75 Å². The van der Waals surface area contributed by atoms with E-state index in [4.69, 9.17) is 16.3 Å². The molecule has 0 aliphatic heterocycles. The standard InChI is InChI=1S/C17H25ClO/c1-3-8-15(9-4-2)10-5-6-13-19-17-12-7-11-16(18)14-17/h5,7,10-12,14-15H,3-4,6,8-9,13H2,1-2H3/b10-5+. The summed E-state index contributed by atoms with van der Waals surface area (Å²) < 4.78 is 5.65. The highest BCUT2D eigenvalue weighted by molar-refractivity contribution is 6.30. The molecule has 1 aromatic rings. The van der Waals surface area contributed by atoms with Gasteiger partial charge in [-0.05, 0) is 43.4 Å². The van der Waals surface area contributed by atoms with Crippen molar-refractivity contribution in [1.29, 1.82) is 0 Å². The SMILES string of the molecule is CCCC(/C=C/CCOc1cccc(Cl)c1)CCC. The molecule has 1 rings (SSSR count). The molecule has 0 aliphatic carbocycles. The van der Waals surface area contributed by atoms with Crippen LogP contribution in [0.2, 0.25) is 5.02 Å². The summed E-state index contributed by atoms with van der Waals surface area (Å²) in [4.78, 5) is 0. The Hall–Kier alpha value is -0.950. The van der Waals surface area contributed by atoms with Gasteiger partial charge in [0.05, 0.1) is 6.61 Å². The summed E-state index contributed by atoms with van der Waals surface area (Å²) in [6.07, 6.45) is 10.7. The molecule has 1 aromatic carbocycles. The second kappa shape index (κ2) is 9.91. The quantitative estimate of drug-likeness (QED) is 0.405. The van der Waals surface area contributed by atoms with Gasteiger partial charge in [-0.2, -0.15) is 0 Å². The predicted octanol–water partition coefficient (Wildman–Crippen LogP) is 5.88. The molecular formula is C17H25ClO. The molecule has 0 spiro atoms. The van der Waals surface area contributed by atoms with Crippen LogP contribution in [-0.4, -0.2) is 6.61 Å². The summed E-state index contributed by atoms with van der Waals surface area (Å²) in [5.41, 5.74) is 0. The van der Waals surface area contributed by atoms with Crippen LogP contribution in [-0.2, 0) is 0 Å². The number of halogens is 1. The van der Waals surface area contributed by atoms with Gasteiger partial charge in [-0.1, -0.05) is 56.5 Å². The van der Waals surface area contributed by atoms with Gasteiger partial charge in [0.15, 0.2) is 0 Å². The first-order valence-corrected chi connectivity index (χ1v) is 7.69. The third-order valence-corrected chi connectivity index (χ3v) is 3.31. The lowest BCUT2D eigenvalue weighted by atomic mass is 9.98. The number of benzene rings is 1. The summed E-state index contributed by atoms with van der Waals surface area (Å²) in [7, 11) is 0. The monoisotopic (exact) mass is 280 g/mol. The van der Waals surface area contributed by atoms with Gasteiger partial charge in [0.1, 0.15) is 5.75 Å². The lowest BCUT2D eigenvalue weighted by molar-refractivity contribution is 0.324. The topological polar surface area (TPSA) is 9.23 Å². The average molecular weight is 281 g/mol. The number of hydrogen-bond acceptors (Lipinski definition) is 1. The normalized spacial score (nSPS) is 11.4. The van der Waals surface area contributed by atoms with Crippen LogP contribution in [0.4, 0.5) is 0 Å². The molecule has 106 valence electrons. The third-order valence-electron chi connectivity index (χ3n) is 3.08. The highest BCUT2D eigenvalue weighted by Crippen LogP contribution is 2.18. The minimum Gasteiger partial charge on any atom is -0.493 e. The molecule has 2 heteroatoms. The largest absolute Gasteiger partial charge is 0.493 e. The third kappa shape index (κ3) is 7.27. The smallest absolute Gasteiger partial charge is 0.120 e. The van der Waals surface area contributed by atoms with Gasteiger partial charge >= 0.3 is 0 Å². The second-order valence-corrected chi connectivity index (χ2v) is 5.30. The summed E-state index contributed by atoms with van der Waals surface area (Å²) in [5.74, 6) is 1.58. The zero-order valence-electron chi connectivity index (χ0n) is 12.1. The predicted molar refractivity (Wildman–Crippen MR) is 84.0 cm³/mol. The van der Waals surface area contributed by atoms with Gasteiger partial charge in [-0.15, -0.1) is 0 Å². The summed E-state index contributed by atoms with van der Waals surface area (Å²) in [6, 6.07) is 7.55. The maximum Gasteiger partial charge on any atom is 0.120 e. The first kappa shape index (κ1) is 16.1. The molecule has 0 heterocycles. The molecule has 19 heavy (non-hydrogen) atoms. The minimum atomic E-state index is 0.710. The molecule has 0 atom stereocenters. The number of rotatable bonds is 9. The number of allylic oxidation sites excluding steroid dienone is 1. The zero-order valence-corrected chi connectivity index (χ0v) is 12.8. The minimum absolute atomic E-state index is 0.710. The fourth-order valence-corrected chi connectivity index (χ4v) is 2.35. The summed E-state index contributed by atoms with van der Waals surface area (Å²) in [5, 5.41) is 0.721. The average Bonchev–Trinajstić information content (AvgIpc) is 2.39. The number of ether oxygens (including phenoxy) is 1. The van der Waals surface area contributed by atoms with Crippen molar-refractivity contribution in [2.24, 2.45) is 5.92 Å². The van der Waals surface area contributed by atoms with Gasteiger partial charge in [0.2, 0.25) is 0 Å². The van der Waals surface area contributed by atoms with E-state index < -0.39 is 0 Å². The molecule has 0 radical (unpaired) electrons. The first-order valence-electron chi connectivity index (χ1n) is 7.31. The van der Waals surface area contributed by atoms with Crippen molar-refractivity contribution in [2.75, 3.05) is 6.61 Å².